The Labute approximate surface area is 130 Å². The molecule has 1 aliphatic heterocycles. The van der Waals surface area contributed by atoms with E-state index in [1.807, 2.05) is 24.3 Å². The van der Waals surface area contributed by atoms with E-state index in [0.29, 0.717) is 6.54 Å². The van der Waals surface area contributed by atoms with E-state index in [2.05, 4.69) is 0 Å². The fourth-order valence-corrected chi connectivity index (χ4v) is 3.95. The number of para-hydroxylation sites is 1. The Morgan fingerprint density at radius 3 is 2.45 bits per heavy atom. The number of benzene rings is 2. The summed E-state index contributed by atoms with van der Waals surface area (Å²) >= 11 is 0. The van der Waals surface area contributed by atoms with Gasteiger partial charge < -0.3 is 4.90 Å². The fourth-order valence-electron chi connectivity index (χ4n) is 2.70. The van der Waals surface area contributed by atoms with E-state index < -0.39 is 9.84 Å². The first-order chi connectivity index (χ1) is 10.6. The van der Waals surface area contributed by atoms with Gasteiger partial charge in [0.2, 0.25) is 5.91 Å². The maximum absolute atomic E-state index is 12.3. The van der Waals surface area contributed by atoms with Crippen molar-refractivity contribution in [3.05, 3.63) is 60.2 Å². The molecular weight excluding hydrogens is 298 g/mol. The monoisotopic (exact) mass is 315 g/mol. The van der Waals surface area contributed by atoms with Crippen molar-refractivity contribution >= 4 is 21.4 Å². The maximum atomic E-state index is 12.3. The standard InChI is InChI=1S/C17H17NO3S/c19-17(18-12-10-14-6-4-5-9-16(14)18)11-13-22(20,21)15-7-2-1-3-8-15/h1-9H,10-13H2. The van der Waals surface area contributed by atoms with Crippen molar-refractivity contribution in [2.45, 2.75) is 17.7 Å². The molecule has 0 atom stereocenters. The lowest BCUT2D eigenvalue weighted by molar-refractivity contribution is -0.118. The van der Waals surface area contributed by atoms with E-state index in [-0.39, 0.29) is 23.0 Å². The number of hydrogen-bond donors (Lipinski definition) is 0. The van der Waals surface area contributed by atoms with Crippen LogP contribution < -0.4 is 4.90 Å². The number of hydrogen-bond acceptors (Lipinski definition) is 3. The van der Waals surface area contributed by atoms with Gasteiger partial charge in [0.15, 0.2) is 9.84 Å². The molecule has 0 unspecified atom stereocenters. The second-order valence-corrected chi connectivity index (χ2v) is 7.42. The predicted molar refractivity (Wildman–Crippen MR) is 85.6 cm³/mol. The molecule has 0 spiro atoms. The van der Waals surface area contributed by atoms with Gasteiger partial charge in [0.25, 0.3) is 0 Å². The number of sulfone groups is 1. The lowest BCUT2D eigenvalue weighted by atomic mass is 10.2. The summed E-state index contributed by atoms with van der Waals surface area (Å²) < 4.78 is 24.5. The summed E-state index contributed by atoms with van der Waals surface area (Å²) in [5, 5.41) is 0. The molecule has 0 bridgehead atoms. The SMILES string of the molecule is O=C(CCS(=O)(=O)c1ccccc1)N1CCc2ccccc21. The minimum absolute atomic E-state index is 0.00552. The molecule has 114 valence electrons. The van der Waals surface area contributed by atoms with Crippen molar-refractivity contribution in [2.75, 3.05) is 17.2 Å². The molecule has 0 saturated carbocycles. The Hall–Kier alpha value is -2.14. The summed E-state index contributed by atoms with van der Waals surface area (Å²) in [6.45, 7) is 0.629. The van der Waals surface area contributed by atoms with Crippen LogP contribution in [0.5, 0.6) is 0 Å². The van der Waals surface area contributed by atoms with Gasteiger partial charge in [0.05, 0.1) is 10.6 Å². The van der Waals surface area contributed by atoms with Crippen molar-refractivity contribution in [3.8, 4) is 0 Å². The summed E-state index contributed by atoms with van der Waals surface area (Å²) in [6, 6.07) is 16.0. The van der Waals surface area contributed by atoms with Crippen LogP contribution in [0.1, 0.15) is 12.0 Å². The second kappa shape index (κ2) is 5.93. The highest BCUT2D eigenvalue weighted by molar-refractivity contribution is 7.91. The van der Waals surface area contributed by atoms with Crippen molar-refractivity contribution in [1.29, 1.82) is 0 Å². The van der Waals surface area contributed by atoms with Crippen LogP contribution in [0.3, 0.4) is 0 Å². The summed E-state index contributed by atoms with van der Waals surface area (Å²) in [6.07, 6.45) is 0.832. The molecule has 0 fully saturated rings. The summed E-state index contributed by atoms with van der Waals surface area (Å²) in [5.74, 6) is -0.293. The normalized spacial score (nSPS) is 13.9. The van der Waals surface area contributed by atoms with Crippen molar-refractivity contribution in [3.63, 3.8) is 0 Å². The topological polar surface area (TPSA) is 54.5 Å². The number of fused-ring (bicyclic) bond motifs is 1. The van der Waals surface area contributed by atoms with Crippen LogP contribution in [-0.2, 0) is 21.1 Å². The minimum Gasteiger partial charge on any atom is -0.312 e. The first-order valence-corrected chi connectivity index (χ1v) is 8.89. The Bertz CT molecular complexity index is 785. The summed E-state index contributed by atoms with van der Waals surface area (Å²) in [7, 11) is -3.41. The summed E-state index contributed by atoms with van der Waals surface area (Å²) in [4.78, 5) is 14.3. The van der Waals surface area contributed by atoms with Crippen molar-refractivity contribution in [2.24, 2.45) is 0 Å². The van der Waals surface area contributed by atoms with Gasteiger partial charge in [-0.3, -0.25) is 4.79 Å². The van der Waals surface area contributed by atoms with Crippen LogP contribution in [0.15, 0.2) is 59.5 Å². The number of amides is 1. The Kier molecular flexibility index (Phi) is 3.98. The van der Waals surface area contributed by atoms with E-state index in [0.717, 1.165) is 17.7 Å². The molecule has 5 heteroatoms. The average Bonchev–Trinajstić information content (AvgIpc) is 2.98. The third-order valence-electron chi connectivity index (χ3n) is 3.88. The average molecular weight is 315 g/mol. The first-order valence-electron chi connectivity index (χ1n) is 7.24. The van der Waals surface area contributed by atoms with Crippen LogP contribution >= 0.6 is 0 Å². The Morgan fingerprint density at radius 2 is 1.68 bits per heavy atom. The van der Waals surface area contributed by atoms with Crippen molar-refractivity contribution < 1.29 is 13.2 Å². The zero-order valence-electron chi connectivity index (χ0n) is 12.1. The number of carbonyl (C=O) groups excluding carboxylic acids is 1. The lowest BCUT2D eigenvalue weighted by Crippen LogP contribution is -2.30. The van der Waals surface area contributed by atoms with Crippen LogP contribution in [0.2, 0.25) is 0 Å². The van der Waals surface area contributed by atoms with Gasteiger partial charge in [-0.05, 0) is 30.2 Å². The predicted octanol–water partition coefficient (Wildman–Crippen LogP) is 2.44. The van der Waals surface area contributed by atoms with Gasteiger partial charge in [-0.1, -0.05) is 36.4 Å². The van der Waals surface area contributed by atoms with Crippen LogP contribution in [-0.4, -0.2) is 26.6 Å². The van der Waals surface area contributed by atoms with Gasteiger partial charge in [0, 0.05) is 18.7 Å². The molecule has 1 amide bonds. The molecule has 4 nitrogen and oxygen atoms in total. The molecule has 0 saturated heterocycles. The molecule has 1 heterocycles. The lowest BCUT2D eigenvalue weighted by Gasteiger charge is -2.17. The quantitative estimate of drug-likeness (QED) is 0.871. The van der Waals surface area contributed by atoms with Gasteiger partial charge in [-0.2, -0.15) is 0 Å². The maximum Gasteiger partial charge on any atom is 0.228 e. The zero-order chi connectivity index (χ0) is 15.6. The van der Waals surface area contributed by atoms with E-state index in [1.54, 1.807) is 35.2 Å². The van der Waals surface area contributed by atoms with Crippen LogP contribution in [0.4, 0.5) is 5.69 Å². The molecule has 22 heavy (non-hydrogen) atoms. The van der Waals surface area contributed by atoms with Crippen LogP contribution in [0, 0.1) is 0 Å². The van der Waals surface area contributed by atoms with Gasteiger partial charge in [-0.15, -0.1) is 0 Å². The highest BCUT2D eigenvalue weighted by Gasteiger charge is 2.25. The molecule has 0 N–H and O–H groups in total. The van der Waals surface area contributed by atoms with E-state index in [4.69, 9.17) is 0 Å². The molecule has 0 aromatic heterocycles. The summed E-state index contributed by atoms with van der Waals surface area (Å²) in [5.41, 5.74) is 2.05. The molecule has 1 aliphatic rings. The van der Waals surface area contributed by atoms with Gasteiger partial charge >= 0.3 is 0 Å². The molecule has 0 radical (unpaired) electrons. The molecule has 2 aromatic carbocycles. The number of rotatable bonds is 4. The molecule has 2 aromatic rings. The molecule has 3 rings (SSSR count). The minimum atomic E-state index is -3.41. The van der Waals surface area contributed by atoms with E-state index in [9.17, 15) is 13.2 Å². The fraction of sp³-hybridized carbons (Fsp3) is 0.235. The zero-order valence-corrected chi connectivity index (χ0v) is 12.9. The third-order valence-corrected chi connectivity index (χ3v) is 5.61. The van der Waals surface area contributed by atoms with Gasteiger partial charge in [0.1, 0.15) is 0 Å². The third kappa shape index (κ3) is 2.90. The highest BCUT2D eigenvalue weighted by Crippen LogP contribution is 2.28. The Balaban J connectivity index is 1.69. The smallest absolute Gasteiger partial charge is 0.228 e. The number of anilines is 1. The van der Waals surface area contributed by atoms with E-state index >= 15 is 0 Å². The molecule has 0 aliphatic carbocycles. The van der Waals surface area contributed by atoms with Crippen LogP contribution in [0.25, 0.3) is 0 Å². The first kappa shape index (κ1) is 14.8. The number of carbonyl (C=O) groups is 1. The second-order valence-electron chi connectivity index (χ2n) is 5.31. The number of nitrogens with zero attached hydrogens (tertiary/aromatic N) is 1. The molecular formula is C17H17NO3S. The van der Waals surface area contributed by atoms with Gasteiger partial charge in [-0.25, -0.2) is 8.42 Å². The largest absolute Gasteiger partial charge is 0.312 e. The highest BCUT2D eigenvalue weighted by atomic mass is 32.2. The van der Waals surface area contributed by atoms with Crippen molar-refractivity contribution in [1.82, 2.24) is 0 Å². The van der Waals surface area contributed by atoms with E-state index in [1.165, 1.54) is 0 Å². The Morgan fingerprint density at radius 1 is 1.00 bits per heavy atom.